The number of rotatable bonds is 2. The molecule has 1 aromatic rings. The van der Waals surface area contributed by atoms with Gasteiger partial charge in [-0.05, 0) is 6.92 Å². The minimum atomic E-state index is -4.49. The molecule has 0 unspecified atom stereocenters. The minimum Gasteiger partial charge on any atom is -0.364 e. The van der Waals surface area contributed by atoms with Crippen molar-refractivity contribution < 1.29 is 16.8 Å². The molecule has 0 atom stereocenters. The fourth-order valence-corrected chi connectivity index (χ4v) is 1.22. The van der Waals surface area contributed by atoms with Crippen LogP contribution < -0.4 is 0 Å². The highest BCUT2D eigenvalue weighted by Crippen LogP contribution is 2.09. The number of hydrogen-bond acceptors (Lipinski definition) is 4. The van der Waals surface area contributed by atoms with Crippen LogP contribution in [0.4, 0.5) is 3.89 Å². The van der Waals surface area contributed by atoms with Gasteiger partial charge < -0.3 is 4.52 Å². The molecule has 0 fully saturated rings. The molecular formula is C5H6FNO3S. The summed E-state index contributed by atoms with van der Waals surface area (Å²) < 4.78 is 36.6. The molecule has 0 spiro atoms. The molecule has 1 rings (SSSR count). The third kappa shape index (κ3) is 2.30. The van der Waals surface area contributed by atoms with E-state index in [2.05, 4.69) is 9.68 Å². The lowest BCUT2D eigenvalue weighted by molar-refractivity contribution is 0.413. The maximum atomic E-state index is 12.0. The van der Waals surface area contributed by atoms with Gasteiger partial charge in [-0.25, -0.2) is 0 Å². The predicted molar refractivity (Wildman–Crippen MR) is 35.0 cm³/mol. The van der Waals surface area contributed by atoms with E-state index in [1.54, 1.807) is 6.92 Å². The molecule has 0 saturated heterocycles. The molecule has 0 aromatic carbocycles. The van der Waals surface area contributed by atoms with Crippen molar-refractivity contribution in [3.05, 3.63) is 17.5 Å². The van der Waals surface area contributed by atoms with Crippen molar-refractivity contribution in [2.75, 3.05) is 0 Å². The van der Waals surface area contributed by atoms with Crippen LogP contribution in [0, 0.1) is 6.92 Å². The Balaban J connectivity index is 2.89. The van der Waals surface area contributed by atoms with Gasteiger partial charge in [-0.3, -0.25) is 0 Å². The molecule has 0 saturated carbocycles. The molecule has 1 heterocycles. The first-order chi connectivity index (χ1) is 4.99. The Hall–Kier alpha value is -0.910. The second-order valence-corrected chi connectivity index (χ2v) is 3.49. The molecule has 0 radical (unpaired) electrons. The largest absolute Gasteiger partial charge is 0.364 e. The van der Waals surface area contributed by atoms with Crippen molar-refractivity contribution in [3.8, 4) is 0 Å². The van der Waals surface area contributed by atoms with Gasteiger partial charge in [-0.2, -0.15) is 8.42 Å². The van der Waals surface area contributed by atoms with Gasteiger partial charge >= 0.3 is 10.2 Å². The fourth-order valence-electron chi connectivity index (χ4n) is 0.613. The van der Waals surface area contributed by atoms with Crippen LogP contribution in [0.3, 0.4) is 0 Å². The van der Waals surface area contributed by atoms with Gasteiger partial charge in [0.25, 0.3) is 0 Å². The first kappa shape index (κ1) is 8.19. The van der Waals surface area contributed by atoms with Gasteiger partial charge in [0.1, 0.15) is 17.7 Å². The van der Waals surface area contributed by atoms with Crippen LogP contribution >= 0.6 is 0 Å². The van der Waals surface area contributed by atoms with Gasteiger partial charge in [0.15, 0.2) is 0 Å². The highest BCUT2D eigenvalue weighted by Gasteiger charge is 2.13. The molecule has 1 aromatic heterocycles. The van der Waals surface area contributed by atoms with E-state index in [4.69, 9.17) is 0 Å². The SMILES string of the molecule is Cc1conc1CS(=O)(=O)F. The van der Waals surface area contributed by atoms with Crippen LogP contribution in [-0.4, -0.2) is 13.6 Å². The lowest BCUT2D eigenvalue weighted by Gasteiger charge is -1.88. The molecule has 11 heavy (non-hydrogen) atoms. The summed E-state index contributed by atoms with van der Waals surface area (Å²) in [5, 5.41) is 3.31. The van der Waals surface area contributed by atoms with Crippen LogP contribution in [0.15, 0.2) is 10.8 Å². The van der Waals surface area contributed by atoms with E-state index in [0.29, 0.717) is 5.56 Å². The van der Waals surface area contributed by atoms with Crippen LogP contribution in [0.2, 0.25) is 0 Å². The standard InChI is InChI=1S/C5H6FNO3S/c1-4-2-10-7-5(4)3-11(6,8)9/h2H,3H2,1H3. The second kappa shape index (κ2) is 2.61. The number of aryl methyl sites for hydroxylation is 1. The van der Waals surface area contributed by atoms with E-state index < -0.39 is 16.0 Å². The zero-order chi connectivity index (χ0) is 8.48. The van der Waals surface area contributed by atoms with E-state index in [1.165, 1.54) is 6.26 Å². The highest BCUT2D eigenvalue weighted by molar-refractivity contribution is 7.85. The Morgan fingerprint density at radius 3 is 2.73 bits per heavy atom. The Bertz CT molecular complexity index is 342. The van der Waals surface area contributed by atoms with Crippen molar-refractivity contribution in [1.82, 2.24) is 5.16 Å². The van der Waals surface area contributed by atoms with Crippen molar-refractivity contribution in [2.45, 2.75) is 12.7 Å². The number of aromatic nitrogens is 1. The Morgan fingerprint density at radius 2 is 2.36 bits per heavy atom. The fraction of sp³-hybridized carbons (Fsp3) is 0.400. The summed E-state index contributed by atoms with van der Waals surface area (Å²) in [6, 6.07) is 0. The van der Waals surface area contributed by atoms with Gasteiger partial charge in [0, 0.05) is 5.56 Å². The van der Waals surface area contributed by atoms with Gasteiger partial charge in [0.05, 0.1) is 0 Å². The van der Waals surface area contributed by atoms with Crippen molar-refractivity contribution in [2.24, 2.45) is 0 Å². The number of hydrogen-bond donors (Lipinski definition) is 0. The zero-order valence-electron chi connectivity index (χ0n) is 5.74. The van der Waals surface area contributed by atoms with Gasteiger partial charge in [-0.1, -0.05) is 5.16 Å². The Morgan fingerprint density at radius 1 is 1.73 bits per heavy atom. The van der Waals surface area contributed by atoms with E-state index >= 15 is 0 Å². The Kier molecular flexibility index (Phi) is 1.95. The van der Waals surface area contributed by atoms with E-state index in [-0.39, 0.29) is 5.69 Å². The highest BCUT2D eigenvalue weighted by atomic mass is 32.3. The monoisotopic (exact) mass is 179 g/mol. The number of halogens is 1. The summed E-state index contributed by atoms with van der Waals surface area (Å²) in [6.45, 7) is 1.59. The predicted octanol–water partition coefficient (Wildman–Crippen LogP) is 0.782. The number of nitrogens with zero attached hydrogens (tertiary/aromatic N) is 1. The molecule has 4 nitrogen and oxygen atoms in total. The third-order valence-corrected chi connectivity index (χ3v) is 1.77. The molecule has 0 aliphatic heterocycles. The average molecular weight is 179 g/mol. The summed E-state index contributed by atoms with van der Waals surface area (Å²) >= 11 is 0. The van der Waals surface area contributed by atoms with Crippen LogP contribution in [-0.2, 0) is 16.0 Å². The lowest BCUT2D eigenvalue weighted by Crippen LogP contribution is -1.97. The van der Waals surface area contributed by atoms with Crippen LogP contribution in [0.25, 0.3) is 0 Å². The molecule has 0 bridgehead atoms. The van der Waals surface area contributed by atoms with Gasteiger partial charge in [-0.15, -0.1) is 3.89 Å². The Labute approximate surface area is 63.2 Å². The van der Waals surface area contributed by atoms with Crippen LogP contribution in [0.5, 0.6) is 0 Å². The molecule has 0 aliphatic carbocycles. The molecule has 6 heteroatoms. The topological polar surface area (TPSA) is 60.2 Å². The minimum absolute atomic E-state index is 0.118. The average Bonchev–Trinajstić information content (AvgIpc) is 2.12. The maximum Gasteiger partial charge on any atom is 0.308 e. The quantitative estimate of drug-likeness (QED) is 0.629. The normalized spacial score (nSPS) is 11.8. The maximum absolute atomic E-state index is 12.0. The molecule has 0 aliphatic rings. The third-order valence-electron chi connectivity index (χ3n) is 1.16. The first-order valence-electron chi connectivity index (χ1n) is 2.81. The van der Waals surface area contributed by atoms with Crippen LogP contribution in [0.1, 0.15) is 11.3 Å². The van der Waals surface area contributed by atoms with Crippen molar-refractivity contribution >= 4 is 10.2 Å². The molecule has 0 amide bonds. The van der Waals surface area contributed by atoms with E-state index in [0.717, 1.165) is 0 Å². The smallest absolute Gasteiger partial charge is 0.308 e. The second-order valence-electron chi connectivity index (χ2n) is 2.13. The summed E-state index contributed by atoms with van der Waals surface area (Å²) in [4.78, 5) is 0. The lowest BCUT2D eigenvalue weighted by atomic mass is 10.3. The van der Waals surface area contributed by atoms with E-state index in [1.807, 2.05) is 0 Å². The molecule has 62 valence electrons. The molecule has 0 N–H and O–H groups in total. The van der Waals surface area contributed by atoms with E-state index in [9.17, 15) is 12.3 Å². The van der Waals surface area contributed by atoms with Crippen molar-refractivity contribution in [3.63, 3.8) is 0 Å². The first-order valence-corrected chi connectivity index (χ1v) is 4.36. The summed E-state index contributed by atoms with van der Waals surface area (Å²) in [5.41, 5.74) is 0.652. The van der Waals surface area contributed by atoms with Crippen molar-refractivity contribution in [1.29, 1.82) is 0 Å². The zero-order valence-corrected chi connectivity index (χ0v) is 6.56. The summed E-state index contributed by atoms with van der Waals surface area (Å²) in [5.74, 6) is -0.713. The summed E-state index contributed by atoms with van der Waals surface area (Å²) in [6.07, 6.45) is 1.26. The summed E-state index contributed by atoms with van der Waals surface area (Å²) in [7, 11) is -4.49. The molecular weight excluding hydrogens is 173 g/mol. The van der Waals surface area contributed by atoms with Gasteiger partial charge in [0.2, 0.25) is 0 Å².